The summed E-state index contributed by atoms with van der Waals surface area (Å²) in [5.41, 5.74) is 4.03. The molecule has 0 amide bonds. The van der Waals surface area contributed by atoms with Gasteiger partial charge in [-0.05, 0) is 42.3 Å². The molecule has 0 radical (unpaired) electrons. The largest absolute Gasteiger partial charge is 0.496 e. The minimum absolute atomic E-state index is 0.354. The zero-order valence-corrected chi connectivity index (χ0v) is 13.7. The Morgan fingerprint density at radius 3 is 2.71 bits per heavy atom. The number of methoxy groups -OCH3 is 1. The van der Waals surface area contributed by atoms with Crippen LogP contribution >= 0.6 is 27.5 Å². The van der Waals surface area contributed by atoms with Crippen molar-refractivity contribution >= 4 is 27.5 Å². The van der Waals surface area contributed by atoms with E-state index in [0.29, 0.717) is 17.0 Å². The number of nitrogens with two attached hydrogens (primary N) is 1. The van der Waals surface area contributed by atoms with Crippen LogP contribution < -0.4 is 16.0 Å². The molecule has 0 aromatic heterocycles. The van der Waals surface area contributed by atoms with Crippen LogP contribution in [0.25, 0.3) is 0 Å². The number of rotatable bonds is 5. The third kappa shape index (κ3) is 3.95. The van der Waals surface area contributed by atoms with E-state index in [1.54, 1.807) is 19.2 Å². The predicted octanol–water partition coefficient (Wildman–Crippen LogP) is 4.00. The SMILES string of the molecule is COc1ccc(Br)cc1CC(NN)c1ccc(Cl)cc1F. The second-order valence-corrected chi connectivity index (χ2v) is 5.90. The number of hydrazine groups is 1. The molecule has 0 heterocycles. The Labute approximate surface area is 136 Å². The van der Waals surface area contributed by atoms with Crippen molar-refractivity contribution in [2.24, 2.45) is 5.84 Å². The van der Waals surface area contributed by atoms with Gasteiger partial charge in [-0.15, -0.1) is 0 Å². The van der Waals surface area contributed by atoms with Crippen molar-refractivity contribution in [1.29, 1.82) is 0 Å². The summed E-state index contributed by atoms with van der Waals surface area (Å²) in [5.74, 6) is 5.93. The fraction of sp³-hybridized carbons (Fsp3) is 0.200. The second-order valence-electron chi connectivity index (χ2n) is 4.55. The lowest BCUT2D eigenvalue weighted by Crippen LogP contribution is -2.30. The van der Waals surface area contributed by atoms with Crippen LogP contribution in [0.4, 0.5) is 4.39 Å². The Bertz CT molecular complexity index is 639. The van der Waals surface area contributed by atoms with E-state index in [4.69, 9.17) is 22.2 Å². The smallest absolute Gasteiger partial charge is 0.129 e. The van der Waals surface area contributed by atoms with E-state index in [-0.39, 0.29) is 11.9 Å². The second kappa shape index (κ2) is 7.22. The molecule has 0 saturated heterocycles. The van der Waals surface area contributed by atoms with Crippen LogP contribution in [0.2, 0.25) is 5.02 Å². The summed E-state index contributed by atoms with van der Waals surface area (Å²) in [7, 11) is 1.60. The number of ether oxygens (including phenoxy) is 1. The van der Waals surface area contributed by atoms with E-state index in [1.165, 1.54) is 6.07 Å². The highest BCUT2D eigenvalue weighted by Crippen LogP contribution is 2.29. The minimum Gasteiger partial charge on any atom is -0.496 e. The summed E-state index contributed by atoms with van der Waals surface area (Å²) in [6.45, 7) is 0. The summed E-state index contributed by atoms with van der Waals surface area (Å²) in [5, 5.41) is 0.354. The van der Waals surface area contributed by atoms with Crippen molar-refractivity contribution in [1.82, 2.24) is 5.43 Å². The van der Waals surface area contributed by atoms with Gasteiger partial charge >= 0.3 is 0 Å². The fourth-order valence-corrected chi connectivity index (χ4v) is 2.74. The first-order valence-corrected chi connectivity index (χ1v) is 7.45. The van der Waals surface area contributed by atoms with Crippen molar-refractivity contribution in [3.05, 3.63) is 62.8 Å². The summed E-state index contributed by atoms with van der Waals surface area (Å²) in [6, 6.07) is 9.83. The Morgan fingerprint density at radius 2 is 2.10 bits per heavy atom. The molecule has 3 N–H and O–H groups in total. The van der Waals surface area contributed by atoms with E-state index in [9.17, 15) is 4.39 Å². The van der Waals surface area contributed by atoms with Crippen molar-refractivity contribution in [2.75, 3.05) is 7.11 Å². The predicted molar refractivity (Wildman–Crippen MR) is 85.9 cm³/mol. The Hall–Kier alpha value is -1.14. The van der Waals surface area contributed by atoms with Gasteiger partial charge in [-0.25, -0.2) is 4.39 Å². The molecule has 3 nitrogen and oxygen atoms in total. The molecular formula is C15H15BrClFN2O. The highest BCUT2D eigenvalue weighted by Gasteiger charge is 2.17. The van der Waals surface area contributed by atoms with Gasteiger partial charge in [0.25, 0.3) is 0 Å². The number of halogens is 3. The van der Waals surface area contributed by atoms with Crippen LogP contribution in [0.3, 0.4) is 0 Å². The standard InChI is InChI=1S/C15H15BrClFN2O/c1-21-15-5-2-10(16)6-9(15)7-14(20-19)12-4-3-11(17)8-13(12)18/h2-6,8,14,20H,7,19H2,1H3. The molecule has 0 aliphatic heterocycles. The maximum absolute atomic E-state index is 14.0. The van der Waals surface area contributed by atoms with Gasteiger partial charge in [0.15, 0.2) is 0 Å². The summed E-state index contributed by atoms with van der Waals surface area (Å²) in [6.07, 6.45) is 0.484. The number of benzene rings is 2. The average Bonchev–Trinajstić information content (AvgIpc) is 2.45. The van der Waals surface area contributed by atoms with Crippen molar-refractivity contribution < 1.29 is 9.13 Å². The highest BCUT2D eigenvalue weighted by atomic mass is 79.9. The van der Waals surface area contributed by atoms with Gasteiger partial charge in [0.05, 0.1) is 13.2 Å². The fourth-order valence-electron chi connectivity index (χ4n) is 2.17. The number of hydrogen-bond donors (Lipinski definition) is 2. The van der Waals surface area contributed by atoms with Gasteiger partial charge in [-0.3, -0.25) is 11.3 Å². The molecule has 0 bridgehead atoms. The van der Waals surface area contributed by atoms with Gasteiger partial charge in [-0.1, -0.05) is 33.6 Å². The maximum atomic E-state index is 14.0. The lowest BCUT2D eigenvalue weighted by molar-refractivity contribution is 0.404. The van der Waals surface area contributed by atoms with Crippen LogP contribution in [0.5, 0.6) is 5.75 Å². The minimum atomic E-state index is -0.389. The average molecular weight is 374 g/mol. The molecule has 0 saturated carbocycles. The lowest BCUT2D eigenvalue weighted by atomic mass is 9.98. The molecule has 21 heavy (non-hydrogen) atoms. The molecule has 0 fully saturated rings. The van der Waals surface area contributed by atoms with E-state index >= 15 is 0 Å². The van der Waals surface area contributed by atoms with Crippen LogP contribution in [0.15, 0.2) is 40.9 Å². The zero-order chi connectivity index (χ0) is 15.4. The monoisotopic (exact) mass is 372 g/mol. The first-order chi connectivity index (χ1) is 10.0. The van der Waals surface area contributed by atoms with Gasteiger partial charge in [0, 0.05) is 15.1 Å². The number of hydrogen-bond acceptors (Lipinski definition) is 3. The Kier molecular flexibility index (Phi) is 5.58. The lowest BCUT2D eigenvalue weighted by Gasteiger charge is -2.19. The summed E-state index contributed by atoms with van der Waals surface area (Å²) >= 11 is 9.19. The van der Waals surface area contributed by atoms with E-state index in [2.05, 4.69) is 21.4 Å². The van der Waals surface area contributed by atoms with Crippen LogP contribution in [-0.2, 0) is 6.42 Å². The Morgan fingerprint density at radius 1 is 1.33 bits per heavy atom. The Balaban J connectivity index is 2.33. The molecular weight excluding hydrogens is 359 g/mol. The van der Waals surface area contributed by atoms with Crippen molar-refractivity contribution in [3.8, 4) is 5.75 Å². The molecule has 6 heteroatoms. The summed E-state index contributed by atoms with van der Waals surface area (Å²) < 4.78 is 20.3. The quantitative estimate of drug-likeness (QED) is 0.615. The van der Waals surface area contributed by atoms with E-state index < -0.39 is 0 Å². The molecule has 1 atom stereocenters. The molecule has 0 aliphatic rings. The zero-order valence-electron chi connectivity index (χ0n) is 11.4. The molecule has 0 aliphatic carbocycles. The van der Waals surface area contributed by atoms with Crippen LogP contribution in [0.1, 0.15) is 17.2 Å². The number of nitrogens with one attached hydrogen (secondary N) is 1. The van der Waals surface area contributed by atoms with Gasteiger partial charge < -0.3 is 4.74 Å². The normalized spacial score (nSPS) is 12.2. The van der Waals surface area contributed by atoms with E-state index in [0.717, 1.165) is 15.8 Å². The van der Waals surface area contributed by atoms with Crippen molar-refractivity contribution in [2.45, 2.75) is 12.5 Å². The van der Waals surface area contributed by atoms with Gasteiger partial charge in [0.1, 0.15) is 11.6 Å². The van der Waals surface area contributed by atoms with Gasteiger partial charge in [-0.2, -0.15) is 0 Å². The van der Waals surface area contributed by atoms with Crippen molar-refractivity contribution in [3.63, 3.8) is 0 Å². The molecule has 2 rings (SSSR count). The van der Waals surface area contributed by atoms with Crippen LogP contribution in [-0.4, -0.2) is 7.11 Å². The molecule has 2 aromatic carbocycles. The maximum Gasteiger partial charge on any atom is 0.129 e. The first-order valence-electron chi connectivity index (χ1n) is 6.28. The van der Waals surface area contributed by atoms with Gasteiger partial charge in [0.2, 0.25) is 0 Å². The molecule has 112 valence electrons. The molecule has 2 aromatic rings. The van der Waals surface area contributed by atoms with E-state index in [1.807, 2.05) is 18.2 Å². The molecule has 0 spiro atoms. The highest BCUT2D eigenvalue weighted by molar-refractivity contribution is 9.10. The third-order valence-corrected chi connectivity index (χ3v) is 3.93. The first kappa shape index (κ1) is 16.2. The molecule has 1 unspecified atom stereocenters. The summed E-state index contributed by atoms with van der Waals surface area (Å²) in [4.78, 5) is 0. The third-order valence-electron chi connectivity index (χ3n) is 3.21. The van der Waals surface area contributed by atoms with Crippen LogP contribution in [0, 0.1) is 5.82 Å². The topological polar surface area (TPSA) is 47.3 Å².